The van der Waals surface area contributed by atoms with Gasteiger partial charge in [0.1, 0.15) is 11.0 Å². The fourth-order valence-electron chi connectivity index (χ4n) is 4.67. The number of hydrogen-bond acceptors (Lipinski definition) is 4. The highest BCUT2D eigenvalue weighted by atomic mass is 32.2. The van der Waals surface area contributed by atoms with Crippen LogP contribution in [-0.2, 0) is 18.9 Å². The monoisotopic (exact) mass is 442 g/mol. The second kappa shape index (κ2) is 7.75. The maximum absolute atomic E-state index is 12.8. The van der Waals surface area contributed by atoms with Gasteiger partial charge in [0.25, 0.3) is 5.16 Å². The molecule has 4 rings (SSSR count). The van der Waals surface area contributed by atoms with E-state index in [2.05, 4.69) is 49.5 Å². The van der Waals surface area contributed by atoms with E-state index in [1.807, 2.05) is 68.4 Å². The van der Waals surface area contributed by atoms with Crippen LogP contribution in [0.5, 0.6) is 0 Å². The molecular weight excluding hydrogens is 415 g/mol. The van der Waals surface area contributed by atoms with Gasteiger partial charge in [-0.2, -0.15) is 0 Å². The molecule has 0 fully saturated rings. The molecule has 10 heteroatoms. The molecular formula is C20H27BN6OS2. The van der Waals surface area contributed by atoms with Gasteiger partial charge in [-0.1, -0.05) is 30.3 Å². The number of nitrogens with zero attached hydrogens (tertiary/aromatic N) is 6. The smallest absolute Gasteiger partial charge is 0.441 e. The summed E-state index contributed by atoms with van der Waals surface area (Å²) in [6, 6.07) is 10.3. The van der Waals surface area contributed by atoms with Crippen LogP contribution in [0.25, 0.3) is 0 Å². The Labute approximate surface area is 186 Å². The molecule has 0 spiro atoms. The topological polar surface area (TPSA) is 42.2 Å². The van der Waals surface area contributed by atoms with E-state index >= 15 is 0 Å². The molecule has 0 saturated heterocycles. The molecule has 0 saturated carbocycles. The second-order valence-electron chi connectivity index (χ2n) is 8.10. The van der Waals surface area contributed by atoms with Gasteiger partial charge in [-0.25, -0.2) is 4.57 Å². The van der Waals surface area contributed by atoms with Crippen LogP contribution in [-0.4, -0.2) is 56.5 Å². The summed E-state index contributed by atoms with van der Waals surface area (Å²) in [4.78, 5) is 16.8. The Balaban J connectivity index is 2.06. The molecule has 30 heavy (non-hydrogen) atoms. The van der Waals surface area contributed by atoms with Gasteiger partial charge in [-0.05, 0) is 56.8 Å². The number of aromatic nitrogens is 4. The molecule has 0 N–H and O–H groups in total. The summed E-state index contributed by atoms with van der Waals surface area (Å²) in [6.45, 7) is 0.237. The van der Waals surface area contributed by atoms with Gasteiger partial charge in [0, 0.05) is 19.3 Å². The predicted octanol–water partition coefficient (Wildman–Crippen LogP) is 2.27. The maximum atomic E-state index is 12.8. The Hall–Kier alpha value is -2.30. The van der Waals surface area contributed by atoms with Crippen LogP contribution in [0.1, 0.15) is 17.7 Å². The number of aryl methyl sites for hydroxylation is 2. The van der Waals surface area contributed by atoms with Gasteiger partial charge >= 0.3 is 6.69 Å². The minimum Gasteiger partial charge on any atom is -0.441 e. The number of amides is 1. The summed E-state index contributed by atoms with van der Waals surface area (Å²) in [5, 5.41) is 1.14. The summed E-state index contributed by atoms with van der Waals surface area (Å²) in [6.07, 6.45) is 8.98. The van der Waals surface area contributed by atoms with Crippen LogP contribution in [0.15, 0.2) is 60.3 Å². The van der Waals surface area contributed by atoms with Gasteiger partial charge in [-0.3, -0.25) is 4.79 Å². The minimum absolute atomic E-state index is 0.0674. The average Bonchev–Trinajstić information content (AvgIpc) is 3.23. The van der Waals surface area contributed by atoms with Crippen molar-refractivity contribution in [3.63, 3.8) is 0 Å². The van der Waals surface area contributed by atoms with E-state index in [1.165, 1.54) is 5.56 Å². The number of fused-ring (bicyclic) bond motifs is 1. The summed E-state index contributed by atoms with van der Waals surface area (Å²) in [5.41, 5.74) is 1.19. The molecule has 3 atom stereocenters. The Bertz CT molecular complexity index is 1120. The molecule has 1 aromatic carbocycles. The van der Waals surface area contributed by atoms with Crippen molar-refractivity contribution in [2.24, 2.45) is 14.1 Å². The number of rotatable bonds is 4. The van der Waals surface area contributed by atoms with Gasteiger partial charge < -0.3 is 23.1 Å². The zero-order valence-electron chi connectivity index (χ0n) is 17.9. The van der Waals surface area contributed by atoms with E-state index in [1.54, 1.807) is 11.8 Å². The molecule has 1 aliphatic heterocycles. The third kappa shape index (κ3) is 2.89. The Morgan fingerprint density at radius 2 is 1.83 bits per heavy atom. The number of imidazole rings is 2. The van der Waals surface area contributed by atoms with Crippen molar-refractivity contribution >= 4 is 37.1 Å². The van der Waals surface area contributed by atoms with Gasteiger partial charge in [0.15, 0.2) is 6.41 Å². The van der Waals surface area contributed by atoms with Gasteiger partial charge in [0.2, 0.25) is 0 Å². The number of carbonyl (C=O) groups is 1. The molecule has 7 nitrogen and oxygen atoms in total. The summed E-state index contributed by atoms with van der Waals surface area (Å²) in [5.74, 6) is 0. The van der Waals surface area contributed by atoms with Gasteiger partial charge in [0.05, 0.1) is 18.5 Å². The zero-order chi connectivity index (χ0) is 21.6. The molecule has 0 radical (unpaired) electrons. The van der Waals surface area contributed by atoms with E-state index in [9.17, 15) is 4.79 Å². The van der Waals surface area contributed by atoms with Crippen LogP contribution in [0.4, 0.5) is 0 Å². The molecule has 1 aliphatic rings. The quantitative estimate of drug-likeness (QED) is 0.353. The van der Waals surface area contributed by atoms with Crippen LogP contribution < -0.4 is 4.48 Å². The van der Waals surface area contributed by atoms with Crippen molar-refractivity contribution in [1.82, 2.24) is 23.2 Å². The fourth-order valence-corrected chi connectivity index (χ4v) is 6.34. The lowest BCUT2D eigenvalue weighted by molar-refractivity contribution is -0.606. The molecule has 0 aliphatic carbocycles. The molecule has 3 heterocycles. The van der Waals surface area contributed by atoms with E-state index in [-0.39, 0.29) is 11.3 Å². The fraction of sp³-hybridized carbons (Fsp3) is 0.350. The first kappa shape index (κ1) is 21.0. The first-order valence-electron chi connectivity index (χ1n) is 9.92. The maximum Gasteiger partial charge on any atom is 0.472 e. The number of benzene rings is 1. The summed E-state index contributed by atoms with van der Waals surface area (Å²) < 4.78 is 8.94. The third-order valence-electron chi connectivity index (χ3n) is 6.18. The lowest BCUT2D eigenvalue weighted by Gasteiger charge is -2.52. The average molecular weight is 442 g/mol. The Morgan fingerprint density at radius 1 is 1.13 bits per heavy atom. The van der Waals surface area contributed by atoms with Crippen molar-refractivity contribution in [1.29, 1.82) is 0 Å². The first-order valence-corrected chi connectivity index (χ1v) is 11.2. The Morgan fingerprint density at radius 3 is 2.40 bits per heavy atom. The van der Waals surface area contributed by atoms with E-state index in [4.69, 9.17) is 12.2 Å². The molecule has 1 unspecified atom stereocenters. The third-order valence-corrected chi connectivity index (χ3v) is 8.31. The number of carbonyl (C=O) groups excluding carboxylic acids is 1. The summed E-state index contributed by atoms with van der Waals surface area (Å²) in [7, 11) is 8.00. The largest absolute Gasteiger partial charge is 0.472 e. The minimum atomic E-state index is -1.89. The highest BCUT2D eigenvalue weighted by molar-refractivity contribution is 7.99. The molecule has 2 aromatic heterocycles. The van der Waals surface area contributed by atoms with Crippen LogP contribution in [0.2, 0.25) is 0 Å². The van der Waals surface area contributed by atoms with Crippen molar-refractivity contribution < 1.29 is 9.27 Å². The lowest BCUT2D eigenvalue weighted by atomic mass is 9.67. The molecule has 158 valence electrons. The van der Waals surface area contributed by atoms with E-state index < -0.39 is 6.69 Å². The van der Waals surface area contributed by atoms with E-state index in [0.717, 1.165) is 11.6 Å². The molecule has 1 amide bonds. The van der Waals surface area contributed by atoms with Gasteiger partial charge in [-0.15, -0.1) is 0 Å². The van der Waals surface area contributed by atoms with Crippen LogP contribution in [0, 0.1) is 4.77 Å². The highest BCUT2D eigenvalue weighted by Gasteiger charge is 2.52. The normalized spacial score (nSPS) is 24.0. The lowest BCUT2D eigenvalue weighted by Crippen LogP contribution is -2.85. The van der Waals surface area contributed by atoms with Crippen molar-refractivity contribution in [3.8, 4) is 0 Å². The summed E-state index contributed by atoms with van der Waals surface area (Å²) >= 11 is 7.56. The first-order chi connectivity index (χ1) is 14.3. The van der Waals surface area contributed by atoms with Crippen molar-refractivity contribution in [2.75, 3.05) is 14.1 Å². The van der Waals surface area contributed by atoms with Crippen molar-refractivity contribution in [3.05, 3.63) is 65.5 Å². The highest BCUT2D eigenvalue weighted by Crippen LogP contribution is 2.42. The number of hydrogen-bond donors (Lipinski definition) is 0. The number of thioether (sulfide) groups is 1. The Kier molecular flexibility index (Phi) is 5.42. The predicted molar refractivity (Wildman–Crippen MR) is 122 cm³/mol. The zero-order valence-corrected chi connectivity index (χ0v) is 19.5. The standard InChI is InChI=1S/C20H27BN6OS2/c1-16-18(17-9-7-6-8-10-17)30-20-24(5)12-14-26(20)21(22(2)3,27(16)15-28)25-13-11-23(4)19(25)29/h6-16,18H,1-5H3/t16-,18-,21?/m0/s1. The van der Waals surface area contributed by atoms with Crippen molar-refractivity contribution in [2.45, 2.75) is 23.4 Å². The van der Waals surface area contributed by atoms with Crippen LogP contribution in [0.3, 0.4) is 0 Å². The van der Waals surface area contributed by atoms with Crippen LogP contribution >= 0.6 is 24.0 Å². The molecule has 3 aromatic rings. The van der Waals surface area contributed by atoms with E-state index in [0.29, 0.717) is 4.77 Å². The second-order valence-corrected chi connectivity index (χ2v) is 9.57. The SMILES string of the molecule is C[C@H]1[C@@H](c2ccccc2)Sc2n(C)cc[n+]2[B-](N(C)C)(n2ccn(C)c2=S)N1C=O. The molecule has 0 bridgehead atoms.